The highest BCUT2D eigenvalue weighted by Crippen LogP contribution is 2.30. The Morgan fingerprint density at radius 3 is 2.42 bits per heavy atom. The van der Waals surface area contributed by atoms with Gasteiger partial charge in [0.15, 0.2) is 9.84 Å². The van der Waals surface area contributed by atoms with E-state index >= 15 is 0 Å². The first-order valence-corrected chi connectivity index (χ1v) is 13.8. The molecule has 1 unspecified atom stereocenters. The molecule has 180 valence electrons. The Morgan fingerprint density at radius 2 is 1.85 bits per heavy atom. The second-order valence-corrected chi connectivity index (χ2v) is 12.5. The third-order valence-electron chi connectivity index (χ3n) is 6.20. The lowest BCUT2D eigenvalue weighted by molar-refractivity contribution is -0.130. The Labute approximate surface area is 198 Å². The summed E-state index contributed by atoms with van der Waals surface area (Å²) >= 11 is 1.42. The fourth-order valence-electron chi connectivity index (χ4n) is 4.25. The van der Waals surface area contributed by atoms with Gasteiger partial charge in [-0.1, -0.05) is 20.8 Å². The molecular weight excluding hydrogens is 465 g/mol. The topological polar surface area (TPSA) is 95.5 Å². The van der Waals surface area contributed by atoms with Crippen molar-refractivity contribution in [1.82, 2.24) is 14.3 Å². The van der Waals surface area contributed by atoms with Gasteiger partial charge in [-0.2, -0.15) is 4.37 Å². The van der Waals surface area contributed by atoms with E-state index < -0.39 is 21.7 Å². The molecule has 2 saturated heterocycles. The van der Waals surface area contributed by atoms with Gasteiger partial charge < -0.3 is 15.1 Å². The summed E-state index contributed by atoms with van der Waals surface area (Å²) in [5.74, 6) is 0.139. The predicted octanol–water partition coefficient (Wildman–Crippen LogP) is 3.06. The summed E-state index contributed by atoms with van der Waals surface area (Å²) in [6.07, 6.45) is 3.31. The van der Waals surface area contributed by atoms with Crippen molar-refractivity contribution in [3.63, 3.8) is 0 Å². The molecule has 1 atom stereocenters. The van der Waals surface area contributed by atoms with Crippen molar-refractivity contribution in [2.24, 2.45) is 0 Å². The maximum Gasteiger partial charge on any atom is 0.245 e. The summed E-state index contributed by atoms with van der Waals surface area (Å²) in [5.41, 5.74) is 0.0603. The van der Waals surface area contributed by atoms with Gasteiger partial charge in [-0.3, -0.25) is 4.79 Å². The van der Waals surface area contributed by atoms with Crippen LogP contribution in [0, 0.1) is 5.82 Å². The zero-order chi connectivity index (χ0) is 24.0. The average molecular weight is 496 g/mol. The summed E-state index contributed by atoms with van der Waals surface area (Å²) in [5, 5.41) is 3.90. The number of benzene rings is 1. The number of nitrogens with zero attached hydrogens (tertiary/aromatic N) is 4. The predicted molar refractivity (Wildman–Crippen MR) is 127 cm³/mol. The van der Waals surface area contributed by atoms with Crippen molar-refractivity contribution in [2.75, 3.05) is 36.1 Å². The lowest BCUT2D eigenvalue weighted by Crippen LogP contribution is -2.47. The SMILES string of the molecule is CC(C)(C)c1nsc(N2CCC(N3CCC(Nc4ccc(S(C)(=O)=O)cc4F)C3=O)CC2)n1. The maximum atomic E-state index is 14.4. The zero-order valence-electron chi connectivity index (χ0n) is 19.3. The Kier molecular flexibility index (Phi) is 6.38. The van der Waals surface area contributed by atoms with Crippen molar-refractivity contribution in [1.29, 1.82) is 0 Å². The Hall–Kier alpha value is -2.27. The fourth-order valence-corrected chi connectivity index (χ4v) is 5.79. The first kappa shape index (κ1) is 23.9. The molecule has 1 aromatic carbocycles. The van der Waals surface area contributed by atoms with Crippen LogP contribution in [0.15, 0.2) is 23.1 Å². The highest BCUT2D eigenvalue weighted by atomic mass is 32.2. The molecule has 3 heterocycles. The first-order valence-electron chi connectivity index (χ1n) is 11.1. The van der Waals surface area contributed by atoms with Crippen LogP contribution in [0.4, 0.5) is 15.2 Å². The molecule has 1 N–H and O–H groups in total. The number of carbonyl (C=O) groups is 1. The van der Waals surface area contributed by atoms with Crippen LogP contribution in [0.5, 0.6) is 0 Å². The van der Waals surface area contributed by atoms with Crippen LogP contribution in [-0.2, 0) is 20.0 Å². The summed E-state index contributed by atoms with van der Waals surface area (Å²) in [6, 6.07) is 3.36. The number of amides is 1. The summed E-state index contributed by atoms with van der Waals surface area (Å²) in [6.45, 7) is 8.54. The molecule has 2 fully saturated rings. The Morgan fingerprint density at radius 1 is 1.15 bits per heavy atom. The molecule has 11 heteroatoms. The van der Waals surface area contributed by atoms with Crippen molar-refractivity contribution in [3.05, 3.63) is 29.8 Å². The van der Waals surface area contributed by atoms with E-state index in [1.807, 2.05) is 4.90 Å². The number of anilines is 2. The van der Waals surface area contributed by atoms with Crippen molar-refractivity contribution < 1.29 is 17.6 Å². The van der Waals surface area contributed by atoms with Crippen LogP contribution in [0.2, 0.25) is 0 Å². The molecule has 8 nitrogen and oxygen atoms in total. The summed E-state index contributed by atoms with van der Waals surface area (Å²) in [7, 11) is -3.49. The minimum Gasteiger partial charge on any atom is -0.371 e. The monoisotopic (exact) mass is 495 g/mol. The lowest BCUT2D eigenvalue weighted by Gasteiger charge is -2.36. The van der Waals surface area contributed by atoms with E-state index in [0.717, 1.165) is 49.2 Å². The third-order valence-corrected chi connectivity index (χ3v) is 8.09. The van der Waals surface area contributed by atoms with Crippen molar-refractivity contribution in [3.8, 4) is 0 Å². The van der Waals surface area contributed by atoms with E-state index in [0.29, 0.717) is 13.0 Å². The zero-order valence-corrected chi connectivity index (χ0v) is 21.0. The maximum absolute atomic E-state index is 14.4. The number of sulfone groups is 1. The highest BCUT2D eigenvalue weighted by molar-refractivity contribution is 7.90. The van der Waals surface area contributed by atoms with Gasteiger partial charge in [0.1, 0.15) is 17.7 Å². The standard InChI is InChI=1S/C22H30FN5O3S2/c1-22(2,3)20-25-21(32-26-20)27-10-7-14(8-11-27)28-12-9-18(19(28)29)24-17-6-5-15(13-16(17)23)33(4,30)31/h5-6,13-14,18,24H,7-12H2,1-4H3. The molecule has 1 amide bonds. The van der Waals surface area contributed by atoms with Crippen LogP contribution in [0.25, 0.3) is 0 Å². The molecule has 0 bridgehead atoms. The van der Waals surface area contributed by atoms with Crippen LogP contribution >= 0.6 is 11.5 Å². The minimum absolute atomic E-state index is 0.0361. The molecule has 2 aromatic rings. The van der Waals surface area contributed by atoms with Gasteiger partial charge in [-0.15, -0.1) is 0 Å². The van der Waals surface area contributed by atoms with Crippen LogP contribution in [0.3, 0.4) is 0 Å². The fraction of sp³-hybridized carbons (Fsp3) is 0.591. The number of hydrogen-bond acceptors (Lipinski definition) is 8. The summed E-state index contributed by atoms with van der Waals surface area (Å²) in [4.78, 5) is 21.8. The lowest BCUT2D eigenvalue weighted by atomic mass is 9.96. The largest absolute Gasteiger partial charge is 0.371 e. The number of carbonyl (C=O) groups excluding carboxylic acids is 1. The molecule has 33 heavy (non-hydrogen) atoms. The van der Waals surface area contributed by atoms with Crippen LogP contribution in [-0.4, -0.2) is 66.6 Å². The van der Waals surface area contributed by atoms with E-state index in [9.17, 15) is 17.6 Å². The van der Waals surface area contributed by atoms with Crippen LogP contribution < -0.4 is 10.2 Å². The first-order chi connectivity index (χ1) is 15.4. The van der Waals surface area contributed by atoms with Gasteiger partial charge in [0.25, 0.3) is 0 Å². The molecule has 0 radical (unpaired) electrons. The number of hydrogen-bond donors (Lipinski definition) is 1. The van der Waals surface area contributed by atoms with Gasteiger partial charge in [0.05, 0.1) is 10.6 Å². The molecule has 0 spiro atoms. The number of piperidine rings is 1. The van der Waals surface area contributed by atoms with Gasteiger partial charge in [-0.05, 0) is 37.5 Å². The normalized spacial score (nSPS) is 20.5. The van der Waals surface area contributed by atoms with Gasteiger partial charge in [0.2, 0.25) is 11.0 Å². The van der Waals surface area contributed by atoms with E-state index in [1.54, 1.807) is 0 Å². The molecule has 2 aliphatic heterocycles. The average Bonchev–Trinajstić information content (AvgIpc) is 3.37. The molecule has 1 aromatic heterocycles. The number of rotatable bonds is 5. The van der Waals surface area contributed by atoms with E-state index in [1.165, 1.54) is 23.7 Å². The Balaban J connectivity index is 1.35. The van der Waals surface area contributed by atoms with Crippen molar-refractivity contribution >= 4 is 38.1 Å². The number of likely N-dealkylation sites (tertiary alicyclic amines) is 1. The summed E-state index contributed by atoms with van der Waals surface area (Å²) < 4.78 is 42.1. The van der Waals surface area contributed by atoms with Gasteiger partial charge in [0, 0.05) is 48.9 Å². The number of nitrogens with one attached hydrogen (secondary N) is 1. The second-order valence-electron chi connectivity index (χ2n) is 9.80. The van der Waals surface area contributed by atoms with Gasteiger partial charge in [-0.25, -0.2) is 17.8 Å². The van der Waals surface area contributed by atoms with E-state index in [-0.39, 0.29) is 27.9 Å². The molecule has 2 aliphatic rings. The van der Waals surface area contributed by atoms with Crippen LogP contribution in [0.1, 0.15) is 45.9 Å². The minimum atomic E-state index is -3.49. The molecule has 4 rings (SSSR count). The number of aromatic nitrogens is 2. The third kappa shape index (κ3) is 5.13. The molecular formula is C22H30FN5O3S2. The highest BCUT2D eigenvalue weighted by Gasteiger charge is 2.38. The van der Waals surface area contributed by atoms with Crippen molar-refractivity contribution in [2.45, 2.75) is 62.4 Å². The Bertz CT molecular complexity index is 1140. The van der Waals surface area contributed by atoms with E-state index in [2.05, 4.69) is 35.4 Å². The quantitative estimate of drug-likeness (QED) is 0.681. The van der Waals surface area contributed by atoms with E-state index in [4.69, 9.17) is 4.98 Å². The number of halogens is 1. The second kappa shape index (κ2) is 8.83. The van der Waals surface area contributed by atoms with Gasteiger partial charge >= 0.3 is 0 Å². The smallest absolute Gasteiger partial charge is 0.245 e. The molecule has 0 saturated carbocycles. The molecule has 0 aliphatic carbocycles.